The minimum Gasteiger partial charge on any atom is -0.494 e. The first-order chi connectivity index (χ1) is 9.10. The zero-order chi connectivity index (χ0) is 15.1. The van der Waals surface area contributed by atoms with E-state index in [9.17, 15) is 4.79 Å². The van der Waals surface area contributed by atoms with Crippen molar-refractivity contribution in [1.29, 1.82) is 0 Å². The predicted molar refractivity (Wildman–Crippen MR) is 84.5 cm³/mol. The molecule has 0 aliphatic carbocycles. The molecule has 0 fully saturated rings. The van der Waals surface area contributed by atoms with E-state index in [0.717, 1.165) is 5.75 Å². The Morgan fingerprint density at radius 3 is 2.11 bits per heavy atom. The van der Waals surface area contributed by atoms with Crippen LogP contribution in [0.15, 0.2) is 24.3 Å². The smallest absolute Gasteiger partial charge is 0.217 e. The summed E-state index contributed by atoms with van der Waals surface area (Å²) in [4.78, 5) is 10.4. The number of amides is 1. The van der Waals surface area contributed by atoms with Crippen molar-refractivity contribution in [2.75, 3.05) is 6.61 Å². The molecule has 0 bridgehead atoms. The van der Waals surface area contributed by atoms with E-state index in [-0.39, 0.29) is 7.33 Å². The van der Waals surface area contributed by atoms with Crippen molar-refractivity contribution in [2.45, 2.75) is 53.9 Å². The molecule has 0 saturated heterocycles. The van der Waals surface area contributed by atoms with Crippen molar-refractivity contribution >= 4 is 5.91 Å². The highest BCUT2D eigenvalue weighted by molar-refractivity contribution is 5.73. The van der Waals surface area contributed by atoms with Crippen LogP contribution in [-0.4, -0.2) is 12.5 Å². The minimum absolute atomic E-state index is 0. The highest BCUT2D eigenvalue weighted by Gasteiger charge is 1.95. The third-order valence-corrected chi connectivity index (χ3v) is 1.86. The average molecular weight is 269 g/mol. The van der Waals surface area contributed by atoms with Gasteiger partial charge in [0.1, 0.15) is 5.75 Å². The van der Waals surface area contributed by atoms with Crippen LogP contribution in [0.2, 0.25) is 0 Å². The van der Waals surface area contributed by atoms with E-state index in [0.29, 0.717) is 19.4 Å². The molecule has 3 nitrogen and oxygen atoms in total. The lowest BCUT2D eigenvalue weighted by Crippen LogP contribution is -2.11. The second-order valence-corrected chi connectivity index (χ2v) is 3.94. The second-order valence-electron chi connectivity index (χ2n) is 3.94. The normalized spacial score (nSPS) is 8.47. The first kappa shape index (κ1) is 19.8. The Kier molecular flexibility index (Phi) is 15.2. The van der Waals surface area contributed by atoms with E-state index < -0.39 is 0 Å². The molecule has 3 heteroatoms. The van der Waals surface area contributed by atoms with Crippen molar-refractivity contribution in [2.24, 2.45) is 5.73 Å². The fourth-order valence-corrected chi connectivity index (χ4v) is 1.07. The zero-order valence-electron chi connectivity index (χ0n) is 13.0. The monoisotopic (exact) mass is 269 g/mol. The summed E-state index contributed by atoms with van der Waals surface area (Å²) in [7, 11) is 0. The van der Waals surface area contributed by atoms with Crippen LogP contribution in [0.3, 0.4) is 0 Å². The summed E-state index contributed by atoms with van der Waals surface area (Å²) >= 11 is 0. The Bertz CT molecular complexity index is 313. The van der Waals surface area contributed by atoms with Crippen molar-refractivity contribution < 1.29 is 11.0 Å². The molecule has 112 valence electrons. The number of aryl methyl sites for hydroxylation is 1. The van der Waals surface area contributed by atoms with Crippen molar-refractivity contribution in [3.05, 3.63) is 29.8 Å². The van der Waals surface area contributed by atoms with Gasteiger partial charge in [-0.3, -0.25) is 4.79 Å². The standard InChI is InChI=1S/C11H15NO2.C3H8.C2H6.H2/c1-9-4-6-10(7-5-9)14-8-2-3-11(12)13;1-3-2;1-2;/h4-7H,2-3,8H2,1H3,(H2,12,13);3H2,1-2H3;1-2H3;1H. The zero-order valence-corrected chi connectivity index (χ0v) is 13.0. The van der Waals surface area contributed by atoms with Gasteiger partial charge in [-0.15, -0.1) is 0 Å². The van der Waals surface area contributed by atoms with Gasteiger partial charge >= 0.3 is 0 Å². The summed E-state index contributed by atoms with van der Waals surface area (Å²) in [6.45, 7) is 10.8. The topological polar surface area (TPSA) is 52.3 Å². The molecule has 0 aliphatic rings. The van der Waals surface area contributed by atoms with Crippen LogP contribution in [-0.2, 0) is 4.79 Å². The van der Waals surface area contributed by atoms with Crippen LogP contribution in [0.4, 0.5) is 0 Å². The molecule has 1 rings (SSSR count). The molecule has 2 N–H and O–H groups in total. The quantitative estimate of drug-likeness (QED) is 0.809. The Morgan fingerprint density at radius 2 is 1.68 bits per heavy atom. The fraction of sp³-hybridized carbons (Fsp3) is 0.562. The van der Waals surface area contributed by atoms with Crippen molar-refractivity contribution in [3.63, 3.8) is 0 Å². The largest absolute Gasteiger partial charge is 0.494 e. The van der Waals surface area contributed by atoms with E-state index >= 15 is 0 Å². The maximum Gasteiger partial charge on any atom is 0.217 e. The highest BCUT2D eigenvalue weighted by atomic mass is 16.5. The molecular formula is C16H31NO2. The number of nitrogens with two attached hydrogens (primary N) is 1. The molecule has 0 heterocycles. The SMILES string of the molecule is CC.CCC.Cc1ccc(OCCCC(N)=O)cc1.[HH]. The third kappa shape index (κ3) is 14.4. The van der Waals surface area contributed by atoms with Gasteiger partial charge in [0.2, 0.25) is 5.91 Å². The Balaban J connectivity index is -0.000000426. The third-order valence-electron chi connectivity index (χ3n) is 1.86. The summed E-state index contributed by atoms with van der Waals surface area (Å²) in [5.74, 6) is 0.553. The van der Waals surface area contributed by atoms with E-state index in [2.05, 4.69) is 13.8 Å². The van der Waals surface area contributed by atoms with Crippen LogP contribution in [0.5, 0.6) is 5.75 Å². The number of carbonyl (C=O) groups excluding carboxylic acids is 1. The van der Waals surface area contributed by atoms with Gasteiger partial charge in [0, 0.05) is 7.85 Å². The van der Waals surface area contributed by atoms with Gasteiger partial charge in [-0.2, -0.15) is 0 Å². The molecule has 1 amide bonds. The average Bonchev–Trinajstić information content (AvgIpc) is 2.40. The maximum atomic E-state index is 10.4. The fourth-order valence-electron chi connectivity index (χ4n) is 1.07. The summed E-state index contributed by atoms with van der Waals surface area (Å²) in [5, 5.41) is 0. The van der Waals surface area contributed by atoms with Crippen LogP contribution in [0.1, 0.15) is 53.9 Å². The van der Waals surface area contributed by atoms with E-state index in [4.69, 9.17) is 10.5 Å². The summed E-state index contributed by atoms with van der Waals surface area (Å²) < 4.78 is 5.40. The predicted octanol–water partition coefficient (Wildman–Crippen LogP) is 4.33. The molecule has 1 aromatic carbocycles. The van der Waals surface area contributed by atoms with Crippen LogP contribution in [0.25, 0.3) is 0 Å². The van der Waals surface area contributed by atoms with Crippen LogP contribution < -0.4 is 10.5 Å². The van der Waals surface area contributed by atoms with Gasteiger partial charge in [0.05, 0.1) is 6.61 Å². The first-order valence-corrected chi connectivity index (χ1v) is 7.07. The molecular weight excluding hydrogens is 238 g/mol. The molecule has 1 aromatic rings. The molecule has 0 radical (unpaired) electrons. The number of ether oxygens (including phenoxy) is 1. The van der Waals surface area contributed by atoms with E-state index in [1.807, 2.05) is 45.0 Å². The number of primary amides is 1. The Labute approximate surface area is 119 Å². The summed E-state index contributed by atoms with van der Waals surface area (Å²) in [6, 6.07) is 7.81. The maximum absolute atomic E-state index is 10.4. The number of carbonyl (C=O) groups is 1. The van der Waals surface area contributed by atoms with Gasteiger partial charge in [-0.25, -0.2) is 0 Å². The van der Waals surface area contributed by atoms with Crippen molar-refractivity contribution in [1.82, 2.24) is 0 Å². The van der Waals surface area contributed by atoms with Gasteiger partial charge in [-0.1, -0.05) is 51.8 Å². The van der Waals surface area contributed by atoms with Gasteiger partial charge in [0.25, 0.3) is 0 Å². The molecule has 0 unspecified atom stereocenters. The molecule has 0 aliphatic heterocycles. The van der Waals surface area contributed by atoms with Crippen LogP contribution in [0, 0.1) is 6.92 Å². The molecule has 19 heavy (non-hydrogen) atoms. The molecule has 0 spiro atoms. The molecule has 0 aromatic heterocycles. The van der Waals surface area contributed by atoms with Gasteiger partial charge < -0.3 is 10.5 Å². The van der Waals surface area contributed by atoms with Gasteiger partial charge in [0.15, 0.2) is 0 Å². The highest BCUT2D eigenvalue weighted by Crippen LogP contribution is 2.11. The number of rotatable bonds is 5. The lowest BCUT2D eigenvalue weighted by molar-refractivity contribution is -0.118. The summed E-state index contributed by atoms with van der Waals surface area (Å²) in [5.41, 5.74) is 6.20. The Morgan fingerprint density at radius 1 is 1.21 bits per heavy atom. The lowest BCUT2D eigenvalue weighted by atomic mass is 10.2. The minimum atomic E-state index is -0.280. The van der Waals surface area contributed by atoms with E-state index in [1.54, 1.807) is 0 Å². The molecule has 0 atom stereocenters. The molecule has 0 saturated carbocycles. The Hall–Kier alpha value is -1.51. The lowest BCUT2D eigenvalue weighted by Gasteiger charge is -2.04. The number of benzene rings is 1. The van der Waals surface area contributed by atoms with Crippen LogP contribution >= 0.6 is 0 Å². The second kappa shape index (κ2) is 14.6. The number of hydrogen-bond acceptors (Lipinski definition) is 2. The summed E-state index contributed by atoms with van der Waals surface area (Å²) in [6.07, 6.45) is 2.30. The van der Waals surface area contributed by atoms with E-state index in [1.165, 1.54) is 12.0 Å². The van der Waals surface area contributed by atoms with Gasteiger partial charge in [-0.05, 0) is 25.5 Å². The number of hydrogen-bond donors (Lipinski definition) is 1. The van der Waals surface area contributed by atoms with Crippen molar-refractivity contribution in [3.8, 4) is 5.75 Å². The first-order valence-electron chi connectivity index (χ1n) is 7.07.